The number of carbonyl (C=O) groups excluding carboxylic acids is 1. The Hall–Kier alpha value is -1.96. The molecule has 4 rings (SSSR count). The van der Waals surface area contributed by atoms with Gasteiger partial charge in [-0.15, -0.1) is 11.8 Å². The van der Waals surface area contributed by atoms with Gasteiger partial charge in [-0.2, -0.15) is 0 Å². The van der Waals surface area contributed by atoms with Crippen molar-refractivity contribution in [2.75, 3.05) is 18.9 Å². The first-order valence-corrected chi connectivity index (χ1v) is 10.9. The predicted molar refractivity (Wildman–Crippen MR) is 112 cm³/mol. The van der Waals surface area contributed by atoms with Crippen LogP contribution in [0.1, 0.15) is 23.3 Å². The lowest BCUT2D eigenvalue weighted by molar-refractivity contribution is -0.128. The minimum atomic E-state index is -0.0891. The van der Waals surface area contributed by atoms with Gasteiger partial charge < -0.3 is 18.5 Å². The van der Waals surface area contributed by atoms with Crippen LogP contribution in [0.15, 0.2) is 68.1 Å². The summed E-state index contributed by atoms with van der Waals surface area (Å²) in [5, 5.41) is -0.0891. The van der Waals surface area contributed by atoms with Crippen molar-refractivity contribution in [3.05, 3.63) is 70.8 Å². The standard InChI is InChI=1S/C21H20BrNO4S/c22-17-7-2-1-6-16(17)18-8-9-19(27-18)21-23(20(24)14-28-21)10-4-11-25-13-15-5-3-12-26-15/h1-3,5-9,12,21H,4,10-11,13-14H2. The summed E-state index contributed by atoms with van der Waals surface area (Å²) in [5.41, 5.74) is 1.00. The minimum Gasteiger partial charge on any atom is -0.467 e. The number of hydrogen-bond acceptors (Lipinski definition) is 5. The second-order valence-electron chi connectivity index (χ2n) is 6.42. The van der Waals surface area contributed by atoms with Crippen LogP contribution in [0.4, 0.5) is 0 Å². The summed E-state index contributed by atoms with van der Waals surface area (Å²) in [5.74, 6) is 3.02. The van der Waals surface area contributed by atoms with E-state index in [0.29, 0.717) is 25.5 Å². The minimum absolute atomic E-state index is 0.0891. The van der Waals surface area contributed by atoms with Gasteiger partial charge in [-0.05, 0) is 36.8 Å². The summed E-state index contributed by atoms with van der Waals surface area (Å²) in [6, 6.07) is 15.6. The van der Waals surface area contributed by atoms with Crippen molar-refractivity contribution in [1.82, 2.24) is 4.90 Å². The Labute approximate surface area is 176 Å². The molecule has 0 saturated carbocycles. The number of ether oxygens (including phenoxy) is 1. The average molecular weight is 462 g/mol. The zero-order valence-electron chi connectivity index (χ0n) is 15.2. The number of thioether (sulfide) groups is 1. The van der Waals surface area contributed by atoms with E-state index in [4.69, 9.17) is 13.6 Å². The van der Waals surface area contributed by atoms with Crippen LogP contribution < -0.4 is 0 Å². The molecule has 3 heterocycles. The lowest BCUT2D eigenvalue weighted by Crippen LogP contribution is -2.29. The molecular weight excluding hydrogens is 442 g/mol. The third-order valence-electron chi connectivity index (χ3n) is 4.49. The molecule has 3 aromatic rings. The van der Waals surface area contributed by atoms with E-state index in [1.165, 1.54) is 0 Å². The summed E-state index contributed by atoms with van der Waals surface area (Å²) < 4.78 is 18.0. The van der Waals surface area contributed by atoms with Crippen LogP contribution in [0, 0.1) is 0 Å². The van der Waals surface area contributed by atoms with Crippen LogP contribution >= 0.6 is 27.7 Å². The smallest absolute Gasteiger partial charge is 0.233 e. The highest BCUT2D eigenvalue weighted by molar-refractivity contribution is 9.10. The molecule has 0 bridgehead atoms. The highest BCUT2D eigenvalue weighted by Crippen LogP contribution is 2.41. The fourth-order valence-electron chi connectivity index (χ4n) is 3.13. The molecule has 1 amide bonds. The van der Waals surface area contributed by atoms with Gasteiger partial charge in [0.15, 0.2) is 0 Å². The lowest BCUT2D eigenvalue weighted by atomic mass is 10.2. The number of nitrogens with zero attached hydrogens (tertiary/aromatic N) is 1. The highest BCUT2D eigenvalue weighted by Gasteiger charge is 2.34. The Morgan fingerprint density at radius 3 is 2.89 bits per heavy atom. The Kier molecular flexibility index (Phi) is 6.24. The van der Waals surface area contributed by atoms with Gasteiger partial charge in [0.25, 0.3) is 0 Å². The first kappa shape index (κ1) is 19.4. The van der Waals surface area contributed by atoms with Crippen molar-refractivity contribution in [2.24, 2.45) is 0 Å². The van der Waals surface area contributed by atoms with E-state index >= 15 is 0 Å². The molecule has 1 saturated heterocycles. The zero-order valence-corrected chi connectivity index (χ0v) is 17.6. The molecule has 146 valence electrons. The van der Waals surface area contributed by atoms with Gasteiger partial charge in [0.1, 0.15) is 29.3 Å². The van der Waals surface area contributed by atoms with Gasteiger partial charge in [0.05, 0.1) is 12.0 Å². The third-order valence-corrected chi connectivity index (χ3v) is 6.40. The first-order chi connectivity index (χ1) is 13.7. The average Bonchev–Trinajstić information content (AvgIpc) is 3.44. The molecule has 1 unspecified atom stereocenters. The fraction of sp³-hybridized carbons (Fsp3) is 0.286. The lowest BCUT2D eigenvalue weighted by Gasteiger charge is -2.22. The fourth-order valence-corrected chi connectivity index (χ4v) is 4.77. The Balaban J connectivity index is 1.36. The van der Waals surface area contributed by atoms with Gasteiger partial charge in [-0.1, -0.05) is 34.1 Å². The van der Waals surface area contributed by atoms with Crippen molar-refractivity contribution >= 4 is 33.6 Å². The summed E-state index contributed by atoms with van der Waals surface area (Å²) in [6.45, 7) is 1.66. The Morgan fingerprint density at radius 1 is 1.18 bits per heavy atom. The van der Waals surface area contributed by atoms with E-state index in [2.05, 4.69) is 15.9 Å². The molecule has 5 nitrogen and oxygen atoms in total. The van der Waals surface area contributed by atoms with Gasteiger partial charge in [0, 0.05) is 23.2 Å². The van der Waals surface area contributed by atoms with E-state index in [1.54, 1.807) is 18.0 Å². The highest BCUT2D eigenvalue weighted by atomic mass is 79.9. The van der Waals surface area contributed by atoms with Crippen molar-refractivity contribution in [3.63, 3.8) is 0 Å². The number of hydrogen-bond donors (Lipinski definition) is 0. The molecule has 1 atom stereocenters. The van der Waals surface area contributed by atoms with Crippen LogP contribution in [0.2, 0.25) is 0 Å². The number of halogens is 1. The summed E-state index contributed by atoms with van der Waals surface area (Å²) in [4.78, 5) is 14.2. The zero-order chi connectivity index (χ0) is 19.3. The monoisotopic (exact) mass is 461 g/mol. The van der Waals surface area contributed by atoms with E-state index in [9.17, 15) is 4.79 Å². The quantitative estimate of drug-likeness (QED) is 0.415. The molecule has 2 aromatic heterocycles. The third kappa shape index (κ3) is 4.37. The van der Waals surface area contributed by atoms with E-state index in [-0.39, 0.29) is 11.3 Å². The molecule has 0 aliphatic carbocycles. The van der Waals surface area contributed by atoms with Gasteiger partial charge in [0.2, 0.25) is 5.91 Å². The first-order valence-electron chi connectivity index (χ1n) is 9.08. The molecule has 0 spiro atoms. The van der Waals surface area contributed by atoms with E-state index < -0.39 is 0 Å². The molecule has 0 radical (unpaired) electrons. The number of amides is 1. The molecule has 7 heteroatoms. The van der Waals surface area contributed by atoms with Gasteiger partial charge >= 0.3 is 0 Å². The largest absolute Gasteiger partial charge is 0.467 e. The Morgan fingerprint density at radius 2 is 2.07 bits per heavy atom. The molecule has 28 heavy (non-hydrogen) atoms. The van der Waals surface area contributed by atoms with Crippen molar-refractivity contribution < 1.29 is 18.4 Å². The summed E-state index contributed by atoms with van der Waals surface area (Å²) >= 11 is 5.16. The van der Waals surface area contributed by atoms with Crippen molar-refractivity contribution in [3.8, 4) is 11.3 Å². The van der Waals surface area contributed by atoms with Gasteiger partial charge in [-0.3, -0.25) is 4.79 Å². The molecule has 1 aromatic carbocycles. The topological polar surface area (TPSA) is 55.8 Å². The van der Waals surface area contributed by atoms with E-state index in [0.717, 1.165) is 33.7 Å². The summed E-state index contributed by atoms with van der Waals surface area (Å²) in [6.07, 6.45) is 2.40. The van der Waals surface area contributed by atoms with Crippen LogP contribution in [-0.4, -0.2) is 29.7 Å². The molecule has 1 aliphatic heterocycles. The Bertz CT molecular complexity index is 924. The maximum absolute atomic E-state index is 12.3. The van der Waals surface area contributed by atoms with E-state index in [1.807, 2.05) is 53.4 Å². The number of rotatable bonds is 8. The summed E-state index contributed by atoms with van der Waals surface area (Å²) in [7, 11) is 0. The normalized spacial score (nSPS) is 16.8. The number of carbonyl (C=O) groups is 1. The van der Waals surface area contributed by atoms with Crippen LogP contribution in [0.5, 0.6) is 0 Å². The van der Waals surface area contributed by atoms with Crippen molar-refractivity contribution in [2.45, 2.75) is 18.4 Å². The maximum atomic E-state index is 12.3. The van der Waals surface area contributed by atoms with Crippen molar-refractivity contribution in [1.29, 1.82) is 0 Å². The molecule has 1 aliphatic rings. The predicted octanol–water partition coefficient (Wildman–Crippen LogP) is 5.48. The SMILES string of the molecule is O=C1CSC(c2ccc(-c3ccccc3Br)o2)N1CCCOCc1ccco1. The maximum Gasteiger partial charge on any atom is 0.233 e. The van der Waals surface area contributed by atoms with Gasteiger partial charge in [-0.25, -0.2) is 0 Å². The molecule has 1 fully saturated rings. The number of furan rings is 2. The second-order valence-corrected chi connectivity index (χ2v) is 8.34. The second kappa shape index (κ2) is 9.03. The van der Waals surface area contributed by atoms with Crippen LogP contribution in [0.25, 0.3) is 11.3 Å². The molecule has 0 N–H and O–H groups in total. The molecular formula is C21H20BrNO4S. The number of benzene rings is 1. The van der Waals surface area contributed by atoms with Crippen LogP contribution in [0.3, 0.4) is 0 Å². The van der Waals surface area contributed by atoms with Crippen LogP contribution in [-0.2, 0) is 16.1 Å².